The van der Waals surface area contributed by atoms with Crippen molar-refractivity contribution < 1.29 is 9.53 Å². The number of nitrogens with one attached hydrogen (secondary N) is 1. The Morgan fingerprint density at radius 2 is 1.86 bits per heavy atom. The maximum atomic E-state index is 12.5. The topological polar surface area (TPSA) is 54.5 Å². The van der Waals surface area contributed by atoms with E-state index in [4.69, 9.17) is 4.74 Å². The normalized spacial score (nSPS) is 22.0. The number of unbranched alkanes of at least 4 members (excludes halogenated alkanes) is 1. The summed E-state index contributed by atoms with van der Waals surface area (Å²) in [5.74, 6) is 2.15. The summed E-state index contributed by atoms with van der Waals surface area (Å²) in [6.07, 6.45) is 12.2. The highest BCUT2D eigenvalue weighted by Gasteiger charge is 2.29. The van der Waals surface area contributed by atoms with Gasteiger partial charge in [0.2, 0.25) is 5.91 Å². The summed E-state index contributed by atoms with van der Waals surface area (Å²) in [5, 5.41) is 4.35. The fourth-order valence-electron chi connectivity index (χ4n) is 5.69. The van der Waals surface area contributed by atoms with Gasteiger partial charge in [-0.05, 0) is 86.5 Å². The number of aryl methyl sites for hydroxylation is 1. The minimum atomic E-state index is 0.143. The second-order valence-electron chi connectivity index (χ2n) is 12.4. The molecule has 1 aliphatic carbocycles. The number of hydrogen-bond acceptors (Lipinski definition) is 4. The van der Waals surface area contributed by atoms with Crippen LogP contribution in [0.2, 0.25) is 0 Å². The van der Waals surface area contributed by atoms with E-state index in [0.717, 1.165) is 68.9 Å². The number of fused-ring (bicyclic) bond motifs is 1. The largest absolute Gasteiger partial charge is 0.488 e. The molecule has 1 saturated carbocycles. The third-order valence-electron chi connectivity index (χ3n) is 7.90. The van der Waals surface area contributed by atoms with Crippen LogP contribution in [0, 0.1) is 17.3 Å². The predicted octanol–water partition coefficient (Wildman–Crippen LogP) is 6.39. The lowest BCUT2D eigenvalue weighted by molar-refractivity contribution is -0.126. The molecule has 0 spiro atoms. The highest BCUT2D eigenvalue weighted by atomic mass is 16.5. The zero-order valence-electron chi connectivity index (χ0n) is 23.0. The summed E-state index contributed by atoms with van der Waals surface area (Å²) in [6.45, 7) is 12.9. The zero-order valence-corrected chi connectivity index (χ0v) is 23.0. The highest BCUT2D eigenvalue weighted by molar-refractivity contribution is 5.85. The Balaban J connectivity index is 1.23. The minimum absolute atomic E-state index is 0.143. The molecule has 2 fully saturated rings. The van der Waals surface area contributed by atoms with E-state index in [1.807, 2.05) is 12.3 Å². The van der Waals surface area contributed by atoms with E-state index in [-0.39, 0.29) is 23.3 Å². The molecule has 5 heteroatoms. The van der Waals surface area contributed by atoms with E-state index in [1.165, 1.54) is 43.2 Å². The van der Waals surface area contributed by atoms with Crippen molar-refractivity contribution in [2.75, 3.05) is 26.2 Å². The Morgan fingerprint density at radius 3 is 2.56 bits per heavy atom. The molecule has 2 heterocycles. The molecule has 1 aliphatic heterocycles. The molecule has 1 N–H and O–H groups in total. The number of carbonyl (C=O) groups is 1. The average Bonchev–Trinajstić information content (AvgIpc) is 2.87. The van der Waals surface area contributed by atoms with Crippen molar-refractivity contribution in [1.29, 1.82) is 0 Å². The standard InChI is InChI=1S/C31H47N3O2/c1-5-6-8-24-19-26-9-7-16-32-29(26)28(20-24)36-27-14-17-34(18-15-27)21-23-10-12-25(13-11-23)30(35)33-22-31(2,3)4/h7,9,16,19-20,23,25,27H,5-6,8,10-15,17-18,21-22H2,1-4H3,(H,33,35)/t23-,25-. The van der Waals surface area contributed by atoms with Gasteiger partial charge in [0.15, 0.2) is 0 Å². The van der Waals surface area contributed by atoms with Crippen LogP contribution in [0.5, 0.6) is 5.75 Å². The fourth-order valence-corrected chi connectivity index (χ4v) is 5.69. The van der Waals surface area contributed by atoms with Crippen LogP contribution in [-0.4, -0.2) is 48.1 Å². The first-order valence-electron chi connectivity index (χ1n) is 14.3. The second-order valence-corrected chi connectivity index (χ2v) is 12.4. The summed E-state index contributed by atoms with van der Waals surface area (Å²) in [7, 11) is 0. The van der Waals surface area contributed by atoms with Gasteiger partial charge in [-0.15, -0.1) is 0 Å². The van der Waals surface area contributed by atoms with Gasteiger partial charge < -0.3 is 15.0 Å². The van der Waals surface area contributed by atoms with Crippen LogP contribution < -0.4 is 10.1 Å². The molecule has 1 aromatic heterocycles. The Kier molecular flexibility index (Phi) is 9.27. The number of carbonyl (C=O) groups excluding carboxylic acids is 1. The number of benzene rings is 1. The number of nitrogens with zero attached hydrogens (tertiary/aromatic N) is 2. The number of hydrogen-bond donors (Lipinski definition) is 1. The van der Waals surface area contributed by atoms with E-state index < -0.39 is 0 Å². The van der Waals surface area contributed by atoms with Crippen LogP contribution in [0.3, 0.4) is 0 Å². The molecule has 5 nitrogen and oxygen atoms in total. The van der Waals surface area contributed by atoms with Gasteiger partial charge in [-0.2, -0.15) is 0 Å². The molecular weight excluding hydrogens is 446 g/mol. The summed E-state index contributed by atoms with van der Waals surface area (Å²) in [5.41, 5.74) is 2.49. The molecule has 2 aliphatic rings. The van der Waals surface area contributed by atoms with E-state index >= 15 is 0 Å². The Hall–Kier alpha value is -2.14. The zero-order chi connectivity index (χ0) is 25.5. The first kappa shape index (κ1) is 26.9. The third-order valence-corrected chi connectivity index (χ3v) is 7.90. The summed E-state index contributed by atoms with van der Waals surface area (Å²) in [4.78, 5) is 19.8. The number of amides is 1. The van der Waals surface area contributed by atoms with Gasteiger partial charge in [-0.1, -0.05) is 40.2 Å². The molecular formula is C31H47N3O2. The van der Waals surface area contributed by atoms with Gasteiger partial charge in [0, 0.05) is 43.7 Å². The van der Waals surface area contributed by atoms with Gasteiger partial charge in [0.1, 0.15) is 17.4 Å². The lowest BCUT2D eigenvalue weighted by Gasteiger charge is -2.36. The van der Waals surface area contributed by atoms with E-state index in [9.17, 15) is 4.79 Å². The molecule has 36 heavy (non-hydrogen) atoms. The third kappa shape index (κ3) is 7.68. The summed E-state index contributed by atoms with van der Waals surface area (Å²) < 4.78 is 6.58. The van der Waals surface area contributed by atoms with E-state index in [0.29, 0.717) is 0 Å². The Bertz CT molecular complexity index is 983. The van der Waals surface area contributed by atoms with E-state index in [1.54, 1.807) is 0 Å². The number of aromatic nitrogens is 1. The molecule has 4 rings (SSSR count). The molecule has 2 aromatic rings. The van der Waals surface area contributed by atoms with Crippen molar-refractivity contribution in [3.63, 3.8) is 0 Å². The van der Waals surface area contributed by atoms with Crippen molar-refractivity contribution in [1.82, 2.24) is 15.2 Å². The number of ether oxygens (including phenoxy) is 1. The monoisotopic (exact) mass is 493 g/mol. The van der Waals surface area contributed by atoms with Crippen molar-refractivity contribution in [3.05, 3.63) is 36.0 Å². The highest BCUT2D eigenvalue weighted by Crippen LogP contribution is 2.32. The van der Waals surface area contributed by atoms with Crippen LogP contribution >= 0.6 is 0 Å². The summed E-state index contributed by atoms with van der Waals surface area (Å²) in [6, 6.07) is 8.67. The van der Waals surface area contributed by atoms with Crippen molar-refractivity contribution in [2.24, 2.45) is 17.3 Å². The van der Waals surface area contributed by atoms with Crippen molar-refractivity contribution in [2.45, 2.75) is 91.6 Å². The molecule has 0 bridgehead atoms. The smallest absolute Gasteiger partial charge is 0.223 e. The SMILES string of the molecule is CCCCc1cc(OC2CCN(C[C@H]3CC[C@H](C(=O)NCC(C)(C)C)CC3)CC2)c2ncccc2c1. The Labute approximate surface area is 218 Å². The van der Waals surface area contributed by atoms with Gasteiger partial charge >= 0.3 is 0 Å². The lowest BCUT2D eigenvalue weighted by Crippen LogP contribution is -2.42. The van der Waals surface area contributed by atoms with Gasteiger partial charge in [0.05, 0.1) is 0 Å². The van der Waals surface area contributed by atoms with Gasteiger partial charge in [-0.25, -0.2) is 0 Å². The van der Waals surface area contributed by atoms with Crippen LogP contribution in [0.15, 0.2) is 30.5 Å². The number of likely N-dealkylation sites (tertiary alicyclic amines) is 1. The molecule has 1 amide bonds. The first-order chi connectivity index (χ1) is 17.3. The van der Waals surface area contributed by atoms with Crippen molar-refractivity contribution >= 4 is 16.8 Å². The summed E-state index contributed by atoms with van der Waals surface area (Å²) >= 11 is 0. The molecule has 1 saturated heterocycles. The first-order valence-corrected chi connectivity index (χ1v) is 14.3. The quantitative estimate of drug-likeness (QED) is 0.440. The Morgan fingerprint density at radius 1 is 1.11 bits per heavy atom. The molecule has 0 unspecified atom stereocenters. The van der Waals surface area contributed by atoms with Crippen LogP contribution in [0.25, 0.3) is 10.9 Å². The van der Waals surface area contributed by atoms with Crippen molar-refractivity contribution in [3.8, 4) is 5.75 Å². The predicted molar refractivity (Wildman–Crippen MR) is 148 cm³/mol. The van der Waals surface area contributed by atoms with Crippen LogP contribution in [-0.2, 0) is 11.2 Å². The van der Waals surface area contributed by atoms with E-state index in [2.05, 4.69) is 61.1 Å². The van der Waals surface area contributed by atoms with Gasteiger partial charge in [0.25, 0.3) is 0 Å². The van der Waals surface area contributed by atoms with Gasteiger partial charge in [-0.3, -0.25) is 9.78 Å². The maximum Gasteiger partial charge on any atom is 0.223 e. The average molecular weight is 494 g/mol. The van der Waals surface area contributed by atoms with Crippen LogP contribution in [0.1, 0.15) is 84.6 Å². The molecule has 1 aromatic carbocycles. The number of rotatable bonds is 9. The maximum absolute atomic E-state index is 12.5. The van der Waals surface area contributed by atoms with Crippen LogP contribution in [0.4, 0.5) is 0 Å². The number of pyridine rings is 1. The number of piperidine rings is 1. The molecule has 198 valence electrons. The molecule has 0 atom stereocenters. The molecule has 0 radical (unpaired) electrons. The minimum Gasteiger partial charge on any atom is -0.488 e. The second kappa shape index (κ2) is 12.4. The lowest BCUT2D eigenvalue weighted by atomic mass is 9.81. The fraction of sp³-hybridized carbons (Fsp3) is 0.677.